The van der Waals surface area contributed by atoms with Crippen LogP contribution >= 0.6 is 0 Å². The fourth-order valence-corrected chi connectivity index (χ4v) is 2.81. The van der Waals surface area contributed by atoms with Crippen molar-refractivity contribution in [3.8, 4) is 0 Å². The summed E-state index contributed by atoms with van der Waals surface area (Å²) < 4.78 is 0. The van der Waals surface area contributed by atoms with E-state index in [9.17, 15) is 10.1 Å². The van der Waals surface area contributed by atoms with Gasteiger partial charge in [-0.25, -0.2) is 0 Å². The average Bonchev–Trinajstić information content (AvgIpc) is 2.38. The third kappa shape index (κ3) is 2.87. The number of rotatable bonds is 3. The smallest absolute Gasteiger partial charge is 0.292 e. The number of hydrogen-bond acceptors (Lipinski definition) is 4. The average molecular weight is 263 g/mol. The molecule has 5 heteroatoms. The number of aryl methyl sites for hydroxylation is 1. The Labute approximate surface area is 113 Å². The van der Waals surface area contributed by atoms with Crippen LogP contribution in [0.4, 0.5) is 11.4 Å². The lowest BCUT2D eigenvalue weighted by molar-refractivity contribution is -0.384. The topological polar surface area (TPSA) is 72.4 Å². The van der Waals surface area contributed by atoms with Gasteiger partial charge in [0.25, 0.3) is 5.69 Å². The van der Waals surface area contributed by atoms with Crippen LogP contribution in [0.1, 0.15) is 25.3 Å². The van der Waals surface area contributed by atoms with Gasteiger partial charge >= 0.3 is 0 Å². The molecule has 2 N–H and O–H groups in total. The van der Waals surface area contributed by atoms with Crippen LogP contribution in [0.5, 0.6) is 0 Å². The predicted molar refractivity (Wildman–Crippen MR) is 76.4 cm³/mol. The van der Waals surface area contributed by atoms with Crippen LogP contribution in [0.15, 0.2) is 18.2 Å². The number of hydrogen-bond donors (Lipinski definition) is 1. The maximum absolute atomic E-state index is 11.2. The summed E-state index contributed by atoms with van der Waals surface area (Å²) in [6.07, 6.45) is 2.06. The molecule has 1 aliphatic rings. The molecular formula is C14H21N3O2. The highest BCUT2D eigenvalue weighted by Gasteiger charge is 2.29. The standard InChI is InChI=1S/C14H21N3O2/c1-10-3-4-13(14(8-10)17(18)19)16-6-5-11(2)7-12(16)9-15/h3-4,8,11-12H,5-7,9,15H2,1-2H3. The molecule has 1 fully saturated rings. The van der Waals surface area contributed by atoms with Crippen LogP contribution in [0.2, 0.25) is 0 Å². The summed E-state index contributed by atoms with van der Waals surface area (Å²) in [4.78, 5) is 13.0. The Bertz CT molecular complexity index is 476. The molecule has 2 rings (SSSR count). The summed E-state index contributed by atoms with van der Waals surface area (Å²) in [5, 5.41) is 11.2. The van der Waals surface area contributed by atoms with E-state index in [2.05, 4.69) is 11.8 Å². The van der Waals surface area contributed by atoms with Crippen LogP contribution in [0.25, 0.3) is 0 Å². The summed E-state index contributed by atoms with van der Waals surface area (Å²) >= 11 is 0. The van der Waals surface area contributed by atoms with Crippen molar-refractivity contribution in [2.24, 2.45) is 11.7 Å². The van der Waals surface area contributed by atoms with Gasteiger partial charge < -0.3 is 10.6 Å². The SMILES string of the molecule is Cc1ccc(N2CCC(C)CC2CN)c([N+](=O)[O-])c1. The number of nitrogens with zero attached hydrogens (tertiary/aromatic N) is 2. The van der Waals surface area contributed by atoms with Crippen molar-refractivity contribution in [1.82, 2.24) is 0 Å². The first-order valence-electron chi connectivity index (χ1n) is 6.74. The van der Waals surface area contributed by atoms with Gasteiger partial charge in [0.2, 0.25) is 0 Å². The van der Waals surface area contributed by atoms with E-state index in [0.717, 1.165) is 24.9 Å². The number of benzene rings is 1. The molecule has 0 spiro atoms. The third-order valence-electron chi connectivity index (χ3n) is 3.89. The summed E-state index contributed by atoms with van der Waals surface area (Å²) in [5.41, 5.74) is 7.64. The van der Waals surface area contributed by atoms with Crippen LogP contribution in [-0.4, -0.2) is 24.1 Å². The zero-order valence-corrected chi connectivity index (χ0v) is 11.5. The molecule has 0 aromatic heterocycles. The Morgan fingerprint density at radius 3 is 2.89 bits per heavy atom. The highest BCUT2D eigenvalue weighted by atomic mass is 16.6. The summed E-state index contributed by atoms with van der Waals surface area (Å²) in [6.45, 7) is 5.46. The molecule has 2 atom stereocenters. The molecular weight excluding hydrogens is 242 g/mol. The van der Waals surface area contributed by atoms with Gasteiger partial charge in [-0.05, 0) is 37.3 Å². The second-order valence-electron chi connectivity index (χ2n) is 5.46. The van der Waals surface area contributed by atoms with E-state index in [1.807, 2.05) is 19.1 Å². The van der Waals surface area contributed by atoms with Gasteiger partial charge in [0.1, 0.15) is 5.69 Å². The van der Waals surface area contributed by atoms with Crippen molar-refractivity contribution < 1.29 is 4.92 Å². The lowest BCUT2D eigenvalue weighted by atomic mass is 9.91. The van der Waals surface area contributed by atoms with E-state index >= 15 is 0 Å². The highest BCUT2D eigenvalue weighted by Crippen LogP contribution is 2.34. The fraction of sp³-hybridized carbons (Fsp3) is 0.571. The molecule has 0 amide bonds. The maximum atomic E-state index is 11.2. The molecule has 1 aromatic carbocycles. The van der Waals surface area contributed by atoms with Crippen molar-refractivity contribution in [3.63, 3.8) is 0 Å². The van der Waals surface area contributed by atoms with Gasteiger partial charge in [-0.1, -0.05) is 13.0 Å². The highest BCUT2D eigenvalue weighted by molar-refractivity contribution is 5.65. The van der Waals surface area contributed by atoms with Gasteiger partial charge in [-0.3, -0.25) is 10.1 Å². The van der Waals surface area contributed by atoms with E-state index in [-0.39, 0.29) is 16.7 Å². The molecule has 0 saturated carbocycles. The number of piperidine rings is 1. The summed E-state index contributed by atoms with van der Waals surface area (Å²) in [6, 6.07) is 5.62. The molecule has 1 saturated heterocycles. The minimum Gasteiger partial charge on any atom is -0.362 e. The predicted octanol–water partition coefficient (Wildman–Crippen LogP) is 2.47. The molecule has 1 aliphatic heterocycles. The van der Waals surface area contributed by atoms with Crippen LogP contribution in [-0.2, 0) is 0 Å². The van der Waals surface area contributed by atoms with E-state index in [0.29, 0.717) is 18.2 Å². The normalized spacial score (nSPS) is 23.4. The number of nitrogens with two attached hydrogens (primary N) is 1. The van der Waals surface area contributed by atoms with Gasteiger partial charge in [0.05, 0.1) is 4.92 Å². The molecule has 1 heterocycles. The Kier molecular flexibility index (Phi) is 4.04. The van der Waals surface area contributed by atoms with E-state index < -0.39 is 0 Å². The van der Waals surface area contributed by atoms with Crippen LogP contribution in [0.3, 0.4) is 0 Å². The quantitative estimate of drug-likeness (QED) is 0.671. The van der Waals surface area contributed by atoms with Gasteiger partial charge in [-0.15, -0.1) is 0 Å². The van der Waals surface area contributed by atoms with Gasteiger partial charge in [0.15, 0.2) is 0 Å². The zero-order chi connectivity index (χ0) is 14.0. The second-order valence-corrected chi connectivity index (χ2v) is 5.46. The summed E-state index contributed by atoms with van der Waals surface area (Å²) in [7, 11) is 0. The molecule has 2 unspecified atom stereocenters. The molecule has 104 valence electrons. The van der Waals surface area contributed by atoms with Crippen molar-refractivity contribution in [1.29, 1.82) is 0 Å². The molecule has 19 heavy (non-hydrogen) atoms. The van der Waals surface area contributed by atoms with E-state index in [1.54, 1.807) is 6.07 Å². The van der Waals surface area contributed by atoms with Crippen molar-refractivity contribution in [2.75, 3.05) is 18.0 Å². The lowest BCUT2D eigenvalue weighted by Gasteiger charge is -2.39. The molecule has 5 nitrogen and oxygen atoms in total. The minimum absolute atomic E-state index is 0.188. The number of nitro benzene ring substituents is 1. The van der Waals surface area contributed by atoms with E-state index in [1.165, 1.54) is 0 Å². The largest absolute Gasteiger partial charge is 0.362 e. The van der Waals surface area contributed by atoms with Crippen molar-refractivity contribution >= 4 is 11.4 Å². The first-order valence-corrected chi connectivity index (χ1v) is 6.74. The Hall–Kier alpha value is -1.62. The van der Waals surface area contributed by atoms with Crippen molar-refractivity contribution in [3.05, 3.63) is 33.9 Å². The molecule has 1 aromatic rings. The monoisotopic (exact) mass is 263 g/mol. The first kappa shape index (κ1) is 13.8. The third-order valence-corrected chi connectivity index (χ3v) is 3.89. The summed E-state index contributed by atoms with van der Waals surface area (Å²) in [5.74, 6) is 0.634. The molecule has 0 radical (unpaired) electrons. The first-order chi connectivity index (χ1) is 9.02. The lowest BCUT2D eigenvalue weighted by Crippen LogP contribution is -2.46. The van der Waals surface area contributed by atoms with Gasteiger partial charge in [-0.2, -0.15) is 0 Å². The Balaban J connectivity index is 2.37. The molecule has 0 bridgehead atoms. The van der Waals surface area contributed by atoms with Crippen LogP contribution < -0.4 is 10.6 Å². The van der Waals surface area contributed by atoms with Gasteiger partial charge in [0, 0.05) is 25.2 Å². The second kappa shape index (κ2) is 5.57. The zero-order valence-electron chi connectivity index (χ0n) is 11.5. The number of nitro groups is 1. The molecule has 0 aliphatic carbocycles. The minimum atomic E-state index is -0.298. The Morgan fingerprint density at radius 1 is 1.53 bits per heavy atom. The fourth-order valence-electron chi connectivity index (χ4n) is 2.81. The Morgan fingerprint density at radius 2 is 2.26 bits per heavy atom. The van der Waals surface area contributed by atoms with Crippen molar-refractivity contribution in [2.45, 2.75) is 32.7 Å². The van der Waals surface area contributed by atoms with E-state index in [4.69, 9.17) is 5.73 Å². The maximum Gasteiger partial charge on any atom is 0.292 e. The van der Waals surface area contributed by atoms with Crippen LogP contribution in [0, 0.1) is 23.0 Å². The number of anilines is 1.